The van der Waals surface area contributed by atoms with Gasteiger partial charge < -0.3 is 0 Å². The van der Waals surface area contributed by atoms with E-state index in [0.717, 1.165) is 15.9 Å². The van der Waals surface area contributed by atoms with Crippen LogP contribution in [0.15, 0.2) is 35.4 Å². The maximum absolute atomic E-state index is 9.23. The molecule has 0 saturated heterocycles. The minimum absolute atomic E-state index is 0.450. The highest BCUT2D eigenvalue weighted by Gasteiger charge is 2.14. The normalized spacial score (nSPS) is 12.6. The Morgan fingerprint density at radius 2 is 1.94 bits per heavy atom. The average Bonchev–Trinajstić information content (AvgIpc) is 2.37. The molecule has 18 heavy (non-hydrogen) atoms. The lowest BCUT2D eigenvalue weighted by atomic mass is 10.1. The maximum Gasteiger partial charge on any atom is 0.115 e. The number of rotatable bonds is 3. The predicted molar refractivity (Wildman–Crippen MR) is 76.6 cm³/mol. The summed E-state index contributed by atoms with van der Waals surface area (Å²) in [4.78, 5) is 4.61. The fourth-order valence-corrected chi connectivity index (χ4v) is 2.59. The number of nitriles is 1. The Balaban J connectivity index is 2.46. The van der Waals surface area contributed by atoms with E-state index in [1.165, 1.54) is 0 Å². The maximum atomic E-state index is 9.23. The van der Waals surface area contributed by atoms with Gasteiger partial charge in [-0.1, -0.05) is 39.0 Å². The van der Waals surface area contributed by atoms with Crippen LogP contribution in [0.3, 0.4) is 0 Å². The summed E-state index contributed by atoms with van der Waals surface area (Å²) in [6, 6.07) is 12.1. The number of hydrogen-bond acceptors (Lipinski definition) is 3. The highest BCUT2D eigenvalue weighted by atomic mass is 32.2. The van der Waals surface area contributed by atoms with E-state index in [1.54, 1.807) is 11.8 Å². The summed E-state index contributed by atoms with van der Waals surface area (Å²) in [7, 11) is 0. The molecule has 1 aromatic heterocycles. The van der Waals surface area contributed by atoms with Crippen LogP contribution in [0.2, 0.25) is 0 Å². The molecule has 2 nitrogen and oxygen atoms in total. The van der Waals surface area contributed by atoms with Crippen LogP contribution in [0.25, 0.3) is 10.9 Å². The van der Waals surface area contributed by atoms with E-state index in [2.05, 4.69) is 31.8 Å². The number of nitrogens with zero attached hydrogens (tertiary/aromatic N) is 2. The second kappa shape index (κ2) is 5.41. The molecular weight excluding hydrogens is 240 g/mol. The van der Waals surface area contributed by atoms with Gasteiger partial charge in [-0.2, -0.15) is 5.26 Å². The van der Waals surface area contributed by atoms with Gasteiger partial charge in [0.2, 0.25) is 0 Å². The number of benzene rings is 1. The first-order chi connectivity index (χ1) is 8.61. The SMILES string of the molecule is CC(C)C(C)Sc1nc2ccccc2cc1C#N. The Labute approximate surface area is 112 Å². The molecule has 0 aliphatic carbocycles. The van der Waals surface area contributed by atoms with Crippen molar-refractivity contribution in [2.45, 2.75) is 31.0 Å². The van der Waals surface area contributed by atoms with Crippen LogP contribution in [-0.2, 0) is 0 Å². The summed E-state index contributed by atoms with van der Waals surface area (Å²) in [6.07, 6.45) is 0. The van der Waals surface area contributed by atoms with Crippen molar-refractivity contribution in [1.82, 2.24) is 4.98 Å². The molecule has 0 radical (unpaired) electrons. The zero-order valence-electron chi connectivity index (χ0n) is 10.8. The monoisotopic (exact) mass is 256 g/mol. The van der Waals surface area contributed by atoms with Gasteiger partial charge in [-0.15, -0.1) is 11.8 Å². The summed E-state index contributed by atoms with van der Waals surface area (Å²) in [6.45, 7) is 6.54. The quantitative estimate of drug-likeness (QED) is 0.771. The molecule has 0 N–H and O–H groups in total. The first kappa shape index (κ1) is 12.9. The lowest BCUT2D eigenvalue weighted by Crippen LogP contribution is -2.06. The van der Waals surface area contributed by atoms with Crippen molar-refractivity contribution in [3.8, 4) is 6.07 Å². The Bertz CT molecular complexity index is 599. The first-order valence-electron chi connectivity index (χ1n) is 6.08. The second-order valence-corrected chi connectivity index (χ2v) is 6.08. The molecule has 0 fully saturated rings. The summed E-state index contributed by atoms with van der Waals surface area (Å²) in [5.41, 5.74) is 1.63. The zero-order valence-corrected chi connectivity index (χ0v) is 11.7. The Morgan fingerprint density at radius 1 is 1.22 bits per heavy atom. The van der Waals surface area contributed by atoms with Gasteiger partial charge in [0.25, 0.3) is 0 Å². The number of aromatic nitrogens is 1. The molecular formula is C15H16N2S. The number of thioether (sulfide) groups is 1. The van der Waals surface area contributed by atoms with Gasteiger partial charge in [0, 0.05) is 10.6 Å². The lowest BCUT2D eigenvalue weighted by Gasteiger charge is -2.15. The van der Waals surface area contributed by atoms with Crippen molar-refractivity contribution < 1.29 is 0 Å². The molecule has 0 saturated carbocycles. The van der Waals surface area contributed by atoms with Gasteiger partial charge >= 0.3 is 0 Å². The third kappa shape index (κ3) is 2.65. The minimum Gasteiger partial charge on any atom is -0.240 e. The van der Waals surface area contributed by atoms with Gasteiger partial charge in [-0.05, 0) is 18.1 Å². The van der Waals surface area contributed by atoms with Crippen molar-refractivity contribution in [3.63, 3.8) is 0 Å². The first-order valence-corrected chi connectivity index (χ1v) is 6.96. The van der Waals surface area contributed by atoms with Crippen LogP contribution in [0.5, 0.6) is 0 Å². The molecule has 1 atom stereocenters. The molecule has 0 amide bonds. The van der Waals surface area contributed by atoms with Gasteiger partial charge in [0.05, 0.1) is 11.1 Å². The molecule has 2 rings (SSSR count). The molecule has 92 valence electrons. The predicted octanol–water partition coefficient (Wildman–Crippen LogP) is 4.24. The van der Waals surface area contributed by atoms with Crippen LogP contribution in [0.4, 0.5) is 0 Å². The standard InChI is InChI=1S/C15H16N2S/c1-10(2)11(3)18-15-13(9-16)8-12-6-4-5-7-14(12)17-15/h4-8,10-11H,1-3H3. The Kier molecular flexibility index (Phi) is 3.88. The molecule has 0 spiro atoms. The van der Waals surface area contributed by atoms with Crippen molar-refractivity contribution in [3.05, 3.63) is 35.9 Å². The number of pyridine rings is 1. The van der Waals surface area contributed by atoms with Crippen molar-refractivity contribution in [2.24, 2.45) is 5.92 Å². The Morgan fingerprint density at radius 3 is 2.61 bits per heavy atom. The zero-order chi connectivity index (χ0) is 13.1. The second-order valence-electron chi connectivity index (χ2n) is 4.71. The smallest absolute Gasteiger partial charge is 0.115 e. The van der Waals surface area contributed by atoms with Crippen molar-refractivity contribution >= 4 is 22.7 Å². The third-order valence-electron chi connectivity index (χ3n) is 3.05. The lowest BCUT2D eigenvalue weighted by molar-refractivity contribution is 0.641. The fraction of sp³-hybridized carbons (Fsp3) is 0.333. The summed E-state index contributed by atoms with van der Waals surface area (Å²) < 4.78 is 0. The summed E-state index contributed by atoms with van der Waals surface area (Å²) >= 11 is 1.68. The van der Waals surface area contributed by atoms with Crippen molar-refractivity contribution in [1.29, 1.82) is 5.26 Å². The molecule has 1 unspecified atom stereocenters. The van der Waals surface area contributed by atoms with Gasteiger partial charge in [0.15, 0.2) is 0 Å². The number of fused-ring (bicyclic) bond motifs is 1. The minimum atomic E-state index is 0.450. The molecule has 0 aliphatic heterocycles. The molecule has 2 aromatic rings. The largest absolute Gasteiger partial charge is 0.240 e. The van der Waals surface area contributed by atoms with Crippen LogP contribution in [0, 0.1) is 17.2 Å². The van der Waals surface area contributed by atoms with Crippen LogP contribution in [-0.4, -0.2) is 10.2 Å². The molecule has 1 aromatic carbocycles. The molecule has 0 bridgehead atoms. The van der Waals surface area contributed by atoms with E-state index in [4.69, 9.17) is 0 Å². The highest BCUT2D eigenvalue weighted by molar-refractivity contribution is 7.99. The van der Waals surface area contributed by atoms with Crippen LogP contribution < -0.4 is 0 Å². The van der Waals surface area contributed by atoms with E-state index in [1.807, 2.05) is 30.3 Å². The highest BCUT2D eigenvalue weighted by Crippen LogP contribution is 2.30. The number of hydrogen-bond donors (Lipinski definition) is 0. The van der Waals surface area contributed by atoms with E-state index in [0.29, 0.717) is 16.7 Å². The van der Waals surface area contributed by atoms with Gasteiger partial charge in [-0.3, -0.25) is 0 Å². The summed E-state index contributed by atoms with van der Waals surface area (Å²) in [5, 5.41) is 11.5. The van der Waals surface area contributed by atoms with E-state index < -0.39 is 0 Å². The van der Waals surface area contributed by atoms with Gasteiger partial charge in [-0.25, -0.2) is 4.98 Å². The van der Waals surface area contributed by atoms with E-state index in [-0.39, 0.29) is 0 Å². The molecule has 1 heterocycles. The topological polar surface area (TPSA) is 36.7 Å². The number of para-hydroxylation sites is 1. The molecule has 0 aliphatic rings. The summed E-state index contributed by atoms with van der Waals surface area (Å²) in [5.74, 6) is 0.565. The van der Waals surface area contributed by atoms with Crippen LogP contribution >= 0.6 is 11.8 Å². The van der Waals surface area contributed by atoms with Crippen molar-refractivity contribution in [2.75, 3.05) is 0 Å². The third-order valence-corrected chi connectivity index (χ3v) is 4.50. The van der Waals surface area contributed by atoms with E-state index >= 15 is 0 Å². The fourth-order valence-electron chi connectivity index (χ4n) is 1.58. The van der Waals surface area contributed by atoms with Gasteiger partial charge in [0.1, 0.15) is 11.1 Å². The van der Waals surface area contributed by atoms with Crippen LogP contribution in [0.1, 0.15) is 26.3 Å². The average molecular weight is 256 g/mol. The molecule has 3 heteroatoms. The van der Waals surface area contributed by atoms with E-state index in [9.17, 15) is 5.26 Å². The Hall–Kier alpha value is -1.53.